The van der Waals surface area contributed by atoms with Crippen LogP contribution in [0.3, 0.4) is 0 Å². The number of halogens is 1. The van der Waals surface area contributed by atoms with Gasteiger partial charge in [0.25, 0.3) is 5.91 Å². The molecule has 5 nitrogen and oxygen atoms in total. The highest BCUT2D eigenvalue weighted by Crippen LogP contribution is 2.15. The number of nitrogens with two attached hydrogens (primary N) is 1. The number of hydrogen-bond donors (Lipinski definition) is 2. The molecule has 7 heteroatoms. The van der Waals surface area contributed by atoms with E-state index in [4.69, 9.17) is 10.5 Å². The second-order valence-corrected chi connectivity index (χ2v) is 5.48. The minimum absolute atomic E-state index is 0. The molecule has 0 radical (unpaired) electrons. The molecule has 0 unspecified atom stereocenters. The number of benzene rings is 1. The number of aryl methyl sites for hydroxylation is 1. The van der Waals surface area contributed by atoms with Crippen LogP contribution in [-0.2, 0) is 6.42 Å². The molecule has 0 aliphatic rings. The minimum Gasteiger partial charge on any atom is -0.491 e. The molecule has 1 aromatic carbocycles. The molecule has 120 valence electrons. The second kappa shape index (κ2) is 9.40. The van der Waals surface area contributed by atoms with E-state index < -0.39 is 0 Å². The summed E-state index contributed by atoms with van der Waals surface area (Å²) in [6, 6.07) is 7.79. The van der Waals surface area contributed by atoms with Crippen molar-refractivity contribution in [1.29, 1.82) is 0 Å². The van der Waals surface area contributed by atoms with E-state index in [0.29, 0.717) is 31.8 Å². The molecule has 3 N–H and O–H groups in total. The fraction of sp³-hybridized carbons (Fsp3) is 0.333. The van der Waals surface area contributed by atoms with Crippen molar-refractivity contribution in [3.05, 3.63) is 45.9 Å². The van der Waals surface area contributed by atoms with Crippen molar-refractivity contribution in [2.24, 2.45) is 5.73 Å². The van der Waals surface area contributed by atoms with Crippen LogP contribution in [0.1, 0.15) is 21.1 Å². The first-order valence-electron chi connectivity index (χ1n) is 6.82. The molecule has 2 rings (SSSR count). The standard InChI is InChI=1S/C15H19N3O2S.ClH/c1-11-4-2-3-5-13(11)20-9-8-17-15(19)12-10-21-14(18-12)6-7-16;/h2-5,10H,6-9,16H2,1H3,(H,17,19);1H. The molecule has 22 heavy (non-hydrogen) atoms. The van der Waals surface area contributed by atoms with Crippen LogP contribution in [0.15, 0.2) is 29.6 Å². The molecule has 0 saturated heterocycles. The predicted octanol–water partition coefficient (Wildman–Crippen LogP) is 2.18. The molecular formula is C15H20ClN3O2S. The summed E-state index contributed by atoms with van der Waals surface area (Å²) >= 11 is 1.46. The van der Waals surface area contributed by atoms with Crippen LogP contribution in [0.4, 0.5) is 0 Å². The van der Waals surface area contributed by atoms with Crippen molar-refractivity contribution in [2.45, 2.75) is 13.3 Å². The van der Waals surface area contributed by atoms with Gasteiger partial charge in [-0.2, -0.15) is 0 Å². The van der Waals surface area contributed by atoms with Gasteiger partial charge in [0.15, 0.2) is 0 Å². The number of nitrogens with one attached hydrogen (secondary N) is 1. The topological polar surface area (TPSA) is 77.2 Å². The van der Waals surface area contributed by atoms with Gasteiger partial charge in [0.2, 0.25) is 0 Å². The maximum Gasteiger partial charge on any atom is 0.270 e. The van der Waals surface area contributed by atoms with Crippen LogP contribution in [-0.4, -0.2) is 30.6 Å². The summed E-state index contributed by atoms with van der Waals surface area (Å²) in [5, 5.41) is 5.43. The number of amides is 1. The molecule has 0 aliphatic carbocycles. The van der Waals surface area contributed by atoms with Crippen molar-refractivity contribution >= 4 is 29.7 Å². The molecule has 0 bridgehead atoms. The van der Waals surface area contributed by atoms with E-state index in [1.165, 1.54) is 11.3 Å². The maximum atomic E-state index is 11.9. The van der Waals surface area contributed by atoms with Gasteiger partial charge in [-0.25, -0.2) is 4.98 Å². The molecule has 2 aromatic rings. The number of hydrogen-bond acceptors (Lipinski definition) is 5. The monoisotopic (exact) mass is 341 g/mol. The SMILES string of the molecule is Cc1ccccc1OCCNC(=O)c1csc(CCN)n1.Cl. The number of rotatable bonds is 7. The van der Waals surface area contributed by atoms with Crippen LogP contribution < -0.4 is 15.8 Å². The molecular weight excluding hydrogens is 322 g/mol. The van der Waals surface area contributed by atoms with E-state index >= 15 is 0 Å². The Balaban J connectivity index is 0.00000242. The van der Waals surface area contributed by atoms with Crippen LogP contribution in [0.5, 0.6) is 5.75 Å². The first-order chi connectivity index (χ1) is 10.2. The van der Waals surface area contributed by atoms with Crippen LogP contribution in [0.25, 0.3) is 0 Å². The average Bonchev–Trinajstić information content (AvgIpc) is 2.94. The molecule has 0 saturated carbocycles. The number of carbonyl (C=O) groups is 1. The largest absolute Gasteiger partial charge is 0.491 e. The van der Waals surface area contributed by atoms with Gasteiger partial charge in [0.1, 0.15) is 18.1 Å². The summed E-state index contributed by atoms with van der Waals surface area (Å²) in [4.78, 5) is 16.1. The Hall–Kier alpha value is -1.63. The highest BCUT2D eigenvalue weighted by Gasteiger charge is 2.09. The Morgan fingerprint density at radius 3 is 2.91 bits per heavy atom. The number of nitrogens with zero attached hydrogens (tertiary/aromatic N) is 1. The highest BCUT2D eigenvalue weighted by molar-refractivity contribution is 7.09. The van der Waals surface area contributed by atoms with E-state index in [1.807, 2.05) is 31.2 Å². The lowest BCUT2D eigenvalue weighted by Gasteiger charge is -2.09. The van der Waals surface area contributed by atoms with E-state index in [-0.39, 0.29) is 18.3 Å². The zero-order chi connectivity index (χ0) is 15.1. The minimum atomic E-state index is -0.178. The fourth-order valence-corrected chi connectivity index (χ4v) is 2.58. The van der Waals surface area contributed by atoms with Gasteiger partial charge in [0, 0.05) is 11.8 Å². The van der Waals surface area contributed by atoms with Crippen molar-refractivity contribution < 1.29 is 9.53 Å². The zero-order valence-corrected chi connectivity index (χ0v) is 14.0. The molecule has 1 aromatic heterocycles. The van der Waals surface area contributed by atoms with Crippen LogP contribution in [0.2, 0.25) is 0 Å². The number of thiazole rings is 1. The number of para-hydroxylation sites is 1. The molecule has 0 atom stereocenters. The second-order valence-electron chi connectivity index (χ2n) is 4.54. The Kier molecular flexibility index (Phi) is 7.87. The summed E-state index contributed by atoms with van der Waals surface area (Å²) in [7, 11) is 0. The van der Waals surface area contributed by atoms with Gasteiger partial charge in [-0.3, -0.25) is 4.79 Å². The number of aromatic nitrogens is 1. The Labute approximate surface area is 140 Å². The molecule has 0 fully saturated rings. The summed E-state index contributed by atoms with van der Waals surface area (Å²) in [5.41, 5.74) is 6.98. The van der Waals surface area contributed by atoms with E-state index in [9.17, 15) is 4.79 Å². The first-order valence-corrected chi connectivity index (χ1v) is 7.69. The summed E-state index contributed by atoms with van der Waals surface area (Å²) in [5.74, 6) is 0.661. The van der Waals surface area contributed by atoms with Crippen LogP contribution >= 0.6 is 23.7 Å². The zero-order valence-electron chi connectivity index (χ0n) is 12.4. The van der Waals surface area contributed by atoms with E-state index in [1.54, 1.807) is 5.38 Å². The van der Waals surface area contributed by atoms with Crippen molar-refractivity contribution in [3.63, 3.8) is 0 Å². The Bertz CT molecular complexity index is 604. The first kappa shape index (κ1) is 18.4. The number of ether oxygens (including phenoxy) is 1. The van der Waals surface area contributed by atoms with E-state index in [2.05, 4.69) is 10.3 Å². The van der Waals surface area contributed by atoms with Gasteiger partial charge in [-0.15, -0.1) is 23.7 Å². The Morgan fingerprint density at radius 2 is 2.18 bits per heavy atom. The van der Waals surface area contributed by atoms with Crippen LogP contribution in [0, 0.1) is 6.92 Å². The normalized spacial score (nSPS) is 9.91. The average molecular weight is 342 g/mol. The molecule has 1 heterocycles. The lowest BCUT2D eigenvalue weighted by atomic mass is 10.2. The van der Waals surface area contributed by atoms with Crippen molar-refractivity contribution in [2.75, 3.05) is 19.7 Å². The molecule has 0 aliphatic heterocycles. The van der Waals surface area contributed by atoms with Crippen molar-refractivity contribution in [3.8, 4) is 5.75 Å². The van der Waals surface area contributed by atoms with Gasteiger partial charge in [-0.05, 0) is 25.1 Å². The van der Waals surface area contributed by atoms with Gasteiger partial charge < -0.3 is 15.8 Å². The quantitative estimate of drug-likeness (QED) is 0.757. The highest BCUT2D eigenvalue weighted by atomic mass is 35.5. The third kappa shape index (κ3) is 5.29. The Morgan fingerprint density at radius 1 is 1.41 bits per heavy atom. The van der Waals surface area contributed by atoms with Gasteiger partial charge in [-0.1, -0.05) is 18.2 Å². The summed E-state index contributed by atoms with van der Waals surface area (Å²) < 4.78 is 5.62. The summed E-state index contributed by atoms with van der Waals surface area (Å²) in [6.07, 6.45) is 0.703. The number of carbonyl (C=O) groups excluding carboxylic acids is 1. The third-order valence-electron chi connectivity index (χ3n) is 2.88. The fourth-order valence-electron chi connectivity index (χ4n) is 1.79. The lowest BCUT2D eigenvalue weighted by Crippen LogP contribution is -2.28. The van der Waals surface area contributed by atoms with Gasteiger partial charge in [0.05, 0.1) is 11.6 Å². The lowest BCUT2D eigenvalue weighted by molar-refractivity contribution is 0.0942. The van der Waals surface area contributed by atoms with Gasteiger partial charge >= 0.3 is 0 Å². The van der Waals surface area contributed by atoms with E-state index in [0.717, 1.165) is 16.3 Å². The maximum absolute atomic E-state index is 11.9. The summed E-state index contributed by atoms with van der Waals surface area (Å²) in [6.45, 7) is 3.40. The molecule has 1 amide bonds. The smallest absolute Gasteiger partial charge is 0.270 e. The molecule has 0 spiro atoms. The third-order valence-corrected chi connectivity index (χ3v) is 3.79. The van der Waals surface area contributed by atoms with Crippen molar-refractivity contribution in [1.82, 2.24) is 10.3 Å². The predicted molar refractivity (Wildman–Crippen MR) is 91.1 cm³/mol.